The van der Waals surface area contributed by atoms with Crippen molar-refractivity contribution in [1.29, 1.82) is 0 Å². The number of likely N-dealkylation sites (tertiary alicyclic amines) is 1. The molecule has 0 aliphatic carbocycles. The Hall–Kier alpha value is -2.24. The molecule has 4 rings (SSSR count). The van der Waals surface area contributed by atoms with E-state index in [1.807, 2.05) is 35.2 Å². The van der Waals surface area contributed by atoms with Crippen LogP contribution in [0, 0.1) is 5.92 Å². The minimum Gasteiger partial charge on any atom is -0.386 e. The molecule has 2 N–H and O–H groups in total. The lowest BCUT2D eigenvalue weighted by molar-refractivity contribution is 0.0736. The van der Waals surface area contributed by atoms with E-state index in [4.69, 9.17) is 0 Å². The van der Waals surface area contributed by atoms with Crippen LogP contribution in [0.2, 0.25) is 0 Å². The standard InChI is InChI=1S/C21H25N3O2/c1-21(2,26)18-9-17(11-22-12-18)14-4-3-5-15(8-14)20(25)24-7-6-16-10-23-13-19(16)24/h3-5,8-9,11-12,16,19,23,26H,6-7,10,13H2,1-2H3/t16-,19+/m0/s1. The average molecular weight is 351 g/mol. The minimum atomic E-state index is -0.948. The fourth-order valence-corrected chi connectivity index (χ4v) is 4.03. The number of fused-ring (bicyclic) bond motifs is 1. The first-order valence-electron chi connectivity index (χ1n) is 9.23. The monoisotopic (exact) mass is 351 g/mol. The Morgan fingerprint density at radius 2 is 2.08 bits per heavy atom. The molecule has 0 bridgehead atoms. The molecule has 1 aromatic carbocycles. The fourth-order valence-electron chi connectivity index (χ4n) is 4.03. The molecule has 2 saturated heterocycles. The van der Waals surface area contributed by atoms with Crippen molar-refractivity contribution in [2.45, 2.75) is 31.9 Å². The van der Waals surface area contributed by atoms with Crippen LogP contribution in [0.15, 0.2) is 42.7 Å². The molecule has 0 unspecified atom stereocenters. The molecular weight excluding hydrogens is 326 g/mol. The summed E-state index contributed by atoms with van der Waals surface area (Å²) in [6.45, 7) is 6.24. The third-order valence-electron chi connectivity index (χ3n) is 5.59. The summed E-state index contributed by atoms with van der Waals surface area (Å²) in [7, 11) is 0. The summed E-state index contributed by atoms with van der Waals surface area (Å²) in [5.41, 5.74) is 2.36. The van der Waals surface area contributed by atoms with Crippen molar-refractivity contribution in [2.24, 2.45) is 5.92 Å². The molecule has 0 radical (unpaired) electrons. The van der Waals surface area contributed by atoms with E-state index in [1.165, 1.54) is 0 Å². The Bertz CT molecular complexity index is 828. The Morgan fingerprint density at radius 3 is 2.88 bits per heavy atom. The van der Waals surface area contributed by atoms with Crippen LogP contribution in [-0.2, 0) is 5.60 Å². The van der Waals surface area contributed by atoms with Gasteiger partial charge >= 0.3 is 0 Å². The van der Waals surface area contributed by atoms with Crippen molar-refractivity contribution in [2.75, 3.05) is 19.6 Å². The highest BCUT2D eigenvalue weighted by Gasteiger charge is 2.40. The van der Waals surface area contributed by atoms with Gasteiger partial charge in [-0.2, -0.15) is 0 Å². The summed E-state index contributed by atoms with van der Waals surface area (Å²) >= 11 is 0. The summed E-state index contributed by atoms with van der Waals surface area (Å²) in [5.74, 6) is 0.699. The molecule has 26 heavy (non-hydrogen) atoms. The smallest absolute Gasteiger partial charge is 0.254 e. The summed E-state index contributed by atoms with van der Waals surface area (Å²) in [6, 6.07) is 9.97. The third kappa shape index (κ3) is 3.13. The van der Waals surface area contributed by atoms with Crippen LogP contribution >= 0.6 is 0 Å². The number of nitrogens with zero attached hydrogens (tertiary/aromatic N) is 2. The van der Waals surface area contributed by atoms with Crippen LogP contribution in [0.1, 0.15) is 36.2 Å². The predicted octanol–water partition coefficient (Wildman–Crippen LogP) is 2.41. The topological polar surface area (TPSA) is 65.5 Å². The van der Waals surface area contributed by atoms with Gasteiger partial charge in [-0.3, -0.25) is 9.78 Å². The summed E-state index contributed by atoms with van der Waals surface area (Å²) in [4.78, 5) is 19.3. The zero-order chi connectivity index (χ0) is 18.3. The van der Waals surface area contributed by atoms with E-state index in [9.17, 15) is 9.90 Å². The van der Waals surface area contributed by atoms with Crippen LogP contribution in [0.5, 0.6) is 0 Å². The summed E-state index contributed by atoms with van der Waals surface area (Å²) in [6.07, 6.45) is 4.53. The molecule has 5 nitrogen and oxygen atoms in total. The van der Waals surface area contributed by atoms with E-state index in [0.29, 0.717) is 17.5 Å². The molecule has 136 valence electrons. The molecule has 2 aliphatic heterocycles. The highest BCUT2D eigenvalue weighted by atomic mass is 16.3. The van der Waals surface area contributed by atoms with Gasteiger partial charge in [0.1, 0.15) is 0 Å². The predicted molar refractivity (Wildman–Crippen MR) is 101 cm³/mol. The third-order valence-corrected chi connectivity index (χ3v) is 5.59. The second kappa shape index (κ2) is 6.49. The Morgan fingerprint density at radius 1 is 1.23 bits per heavy atom. The van der Waals surface area contributed by atoms with Crippen LogP contribution in [0.25, 0.3) is 11.1 Å². The lowest BCUT2D eigenvalue weighted by Crippen LogP contribution is -2.39. The summed E-state index contributed by atoms with van der Waals surface area (Å²) < 4.78 is 0. The average Bonchev–Trinajstić information content (AvgIpc) is 3.24. The lowest BCUT2D eigenvalue weighted by Gasteiger charge is -2.23. The van der Waals surface area contributed by atoms with Crippen LogP contribution in [-0.4, -0.2) is 46.6 Å². The van der Waals surface area contributed by atoms with Gasteiger partial charge in [0.2, 0.25) is 0 Å². The van der Waals surface area contributed by atoms with Crippen LogP contribution in [0.3, 0.4) is 0 Å². The van der Waals surface area contributed by atoms with Crippen LogP contribution in [0.4, 0.5) is 0 Å². The number of carbonyl (C=O) groups excluding carboxylic acids is 1. The number of hydrogen-bond acceptors (Lipinski definition) is 4. The summed E-state index contributed by atoms with van der Waals surface area (Å²) in [5, 5.41) is 13.6. The first-order valence-corrected chi connectivity index (χ1v) is 9.23. The molecule has 2 atom stereocenters. The maximum atomic E-state index is 13.0. The number of nitrogens with one attached hydrogen (secondary N) is 1. The fraction of sp³-hybridized carbons (Fsp3) is 0.429. The van der Waals surface area contributed by atoms with Gasteiger partial charge in [0, 0.05) is 54.8 Å². The van der Waals surface area contributed by atoms with E-state index in [0.717, 1.165) is 42.7 Å². The Labute approximate surface area is 154 Å². The zero-order valence-corrected chi connectivity index (χ0v) is 15.3. The SMILES string of the molecule is CC(C)(O)c1cncc(-c2cccc(C(=O)N3CC[C@H]4CNC[C@H]43)c2)c1. The molecule has 2 aliphatic rings. The molecule has 2 fully saturated rings. The second-order valence-corrected chi connectivity index (χ2v) is 7.88. The number of pyridine rings is 1. The van der Waals surface area contributed by atoms with Crippen molar-refractivity contribution >= 4 is 5.91 Å². The van der Waals surface area contributed by atoms with Gasteiger partial charge in [0.25, 0.3) is 5.91 Å². The van der Waals surface area contributed by atoms with Gasteiger partial charge in [0.05, 0.1) is 5.60 Å². The van der Waals surface area contributed by atoms with E-state index in [2.05, 4.69) is 10.3 Å². The maximum absolute atomic E-state index is 13.0. The quantitative estimate of drug-likeness (QED) is 0.891. The first kappa shape index (κ1) is 17.2. The number of aromatic nitrogens is 1. The van der Waals surface area contributed by atoms with Gasteiger partial charge < -0.3 is 15.3 Å². The minimum absolute atomic E-state index is 0.106. The molecule has 0 spiro atoms. The first-order chi connectivity index (χ1) is 12.4. The van der Waals surface area contributed by atoms with Crippen molar-refractivity contribution in [3.63, 3.8) is 0 Å². The lowest BCUT2D eigenvalue weighted by atomic mass is 9.96. The van der Waals surface area contributed by atoms with Crippen LogP contribution < -0.4 is 5.32 Å². The molecule has 0 saturated carbocycles. The molecule has 5 heteroatoms. The van der Waals surface area contributed by atoms with Crippen molar-refractivity contribution in [1.82, 2.24) is 15.2 Å². The molecule has 2 aromatic rings. The number of aliphatic hydroxyl groups is 1. The highest BCUT2D eigenvalue weighted by molar-refractivity contribution is 5.96. The van der Waals surface area contributed by atoms with Crippen molar-refractivity contribution in [3.05, 3.63) is 53.9 Å². The largest absolute Gasteiger partial charge is 0.386 e. The maximum Gasteiger partial charge on any atom is 0.254 e. The van der Waals surface area contributed by atoms with Crippen molar-refractivity contribution in [3.8, 4) is 11.1 Å². The molecule has 3 heterocycles. The number of amides is 1. The Kier molecular flexibility index (Phi) is 4.29. The molecular formula is C21H25N3O2. The molecule has 1 amide bonds. The van der Waals surface area contributed by atoms with Gasteiger partial charge in [0.15, 0.2) is 0 Å². The van der Waals surface area contributed by atoms with Gasteiger partial charge in [-0.15, -0.1) is 0 Å². The second-order valence-electron chi connectivity index (χ2n) is 7.88. The zero-order valence-electron chi connectivity index (χ0n) is 15.3. The van der Waals surface area contributed by atoms with Gasteiger partial charge in [-0.25, -0.2) is 0 Å². The number of carbonyl (C=O) groups is 1. The number of benzene rings is 1. The highest BCUT2D eigenvalue weighted by Crippen LogP contribution is 2.30. The van der Waals surface area contributed by atoms with Gasteiger partial charge in [-0.1, -0.05) is 12.1 Å². The van der Waals surface area contributed by atoms with E-state index in [1.54, 1.807) is 26.2 Å². The number of hydrogen-bond donors (Lipinski definition) is 2. The normalized spacial score (nSPS) is 22.5. The van der Waals surface area contributed by atoms with E-state index < -0.39 is 5.60 Å². The van der Waals surface area contributed by atoms with Crippen molar-refractivity contribution < 1.29 is 9.90 Å². The number of rotatable bonds is 3. The molecule has 1 aromatic heterocycles. The Balaban J connectivity index is 1.62. The van der Waals surface area contributed by atoms with E-state index in [-0.39, 0.29) is 5.91 Å². The van der Waals surface area contributed by atoms with Gasteiger partial charge in [-0.05, 0) is 49.9 Å². The van der Waals surface area contributed by atoms with E-state index >= 15 is 0 Å².